The maximum absolute atomic E-state index is 11.9. The summed E-state index contributed by atoms with van der Waals surface area (Å²) in [7, 11) is -2.88. The van der Waals surface area contributed by atoms with Gasteiger partial charge < -0.3 is 5.32 Å². The first-order valence-corrected chi connectivity index (χ1v) is 9.84. The van der Waals surface area contributed by atoms with Crippen molar-refractivity contribution in [2.24, 2.45) is 5.92 Å². The van der Waals surface area contributed by atoms with Gasteiger partial charge >= 0.3 is 0 Å². The van der Waals surface area contributed by atoms with Gasteiger partial charge in [-0.05, 0) is 50.3 Å². The van der Waals surface area contributed by atoms with Crippen molar-refractivity contribution in [2.45, 2.75) is 39.5 Å². The van der Waals surface area contributed by atoms with E-state index in [0.717, 1.165) is 32.4 Å². The molecule has 0 saturated heterocycles. The molecule has 0 radical (unpaired) electrons. The molecule has 1 atom stereocenters. The summed E-state index contributed by atoms with van der Waals surface area (Å²) in [5, 5.41) is 3.43. The maximum atomic E-state index is 11.9. The molecule has 1 aromatic carbocycles. The third kappa shape index (κ3) is 8.22. The van der Waals surface area contributed by atoms with Crippen LogP contribution in [0.25, 0.3) is 0 Å². The third-order valence-corrected chi connectivity index (χ3v) is 5.47. The average molecular weight is 311 g/mol. The minimum absolute atomic E-state index is 0.312. The molecule has 1 rings (SSSR count). The Morgan fingerprint density at radius 1 is 1.05 bits per heavy atom. The van der Waals surface area contributed by atoms with Crippen LogP contribution < -0.4 is 5.32 Å². The van der Waals surface area contributed by atoms with Crippen LogP contribution in [0.3, 0.4) is 0 Å². The first-order chi connectivity index (χ1) is 10.1. The van der Waals surface area contributed by atoms with Crippen LogP contribution in [0.15, 0.2) is 30.3 Å². The fourth-order valence-corrected chi connectivity index (χ4v) is 3.98. The topological polar surface area (TPSA) is 46.2 Å². The summed E-state index contributed by atoms with van der Waals surface area (Å²) in [4.78, 5) is 0. The standard InChI is InChI=1S/C17H29NO2S/c1-3-11-18-15-17(10-13-21(19,20)12-4-2)14-16-8-6-5-7-9-16/h5-9,17-18H,3-4,10-15H2,1-2H3. The van der Waals surface area contributed by atoms with Crippen LogP contribution in [0.2, 0.25) is 0 Å². The Kier molecular flexibility index (Phi) is 8.62. The van der Waals surface area contributed by atoms with Crippen LogP contribution in [0, 0.1) is 5.92 Å². The maximum Gasteiger partial charge on any atom is 0.150 e. The van der Waals surface area contributed by atoms with Gasteiger partial charge in [0.25, 0.3) is 0 Å². The van der Waals surface area contributed by atoms with Crippen molar-refractivity contribution in [3.63, 3.8) is 0 Å². The van der Waals surface area contributed by atoms with E-state index in [2.05, 4.69) is 24.4 Å². The Morgan fingerprint density at radius 3 is 2.38 bits per heavy atom. The lowest BCUT2D eigenvalue weighted by Gasteiger charge is -2.18. The third-order valence-electron chi connectivity index (χ3n) is 3.58. The lowest BCUT2D eigenvalue weighted by Crippen LogP contribution is -2.27. The molecule has 4 heteroatoms. The van der Waals surface area contributed by atoms with Gasteiger partial charge in [0.05, 0.1) is 5.75 Å². The zero-order valence-electron chi connectivity index (χ0n) is 13.3. The van der Waals surface area contributed by atoms with E-state index in [0.29, 0.717) is 23.8 Å². The van der Waals surface area contributed by atoms with Crippen molar-refractivity contribution in [3.8, 4) is 0 Å². The monoisotopic (exact) mass is 311 g/mol. The van der Waals surface area contributed by atoms with E-state index in [1.54, 1.807) is 0 Å². The molecule has 0 bridgehead atoms. The first-order valence-electron chi connectivity index (χ1n) is 8.02. The van der Waals surface area contributed by atoms with Crippen LogP contribution in [0.4, 0.5) is 0 Å². The number of benzene rings is 1. The summed E-state index contributed by atoms with van der Waals surface area (Å²) in [6, 6.07) is 10.3. The number of nitrogens with one attached hydrogen (secondary N) is 1. The van der Waals surface area contributed by atoms with Crippen molar-refractivity contribution in [3.05, 3.63) is 35.9 Å². The molecule has 1 unspecified atom stereocenters. The van der Waals surface area contributed by atoms with Crippen molar-refractivity contribution in [1.29, 1.82) is 0 Å². The summed E-state index contributed by atoms with van der Waals surface area (Å²) in [5.74, 6) is 1.00. The van der Waals surface area contributed by atoms with Crippen molar-refractivity contribution in [2.75, 3.05) is 24.6 Å². The average Bonchev–Trinajstić information content (AvgIpc) is 2.46. The van der Waals surface area contributed by atoms with Gasteiger partial charge in [0.15, 0.2) is 0 Å². The van der Waals surface area contributed by atoms with E-state index in [-0.39, 0.29) is 0 Å². The van der Waals surface area contributed by atoms with Crippen LogP contribution >= 0.6 is 0 Å². The zero-order chi connectivity index (χ0) is 15.6. The molecule has 0 spiro atoms. The second kappa shape index (κ2) is 9.96. The molecule has 1 N–H and O–H groups in total. The smallest absolute Gasteiger partial charge is 0.150 e. The Bertz CT molecular complexity index is 471. The summed E-state index contributed by atoms with van der Waals surface area (Å²) in [6.07, 6.45) is 3.50. The lowest BCUT2D eigenvalue weighted by molar-refractivity contribution is 0.458. The minimum atomic E-state index is -2.88. The molecule has 0 amide bonds. The molecular formula is C17H29NO2S. The summed E-state index contributed by atoms with van der Waals surface area (Å²) < 4.78 is 23.8. The summed E-state index contributed by atoms with van der Waals surface area (Å²) in [5.41, 5.74) is 1.29. The zero-order valence-corrected chi connectivity index (χ0v) is 14.2. The highest BCUT2D eigenvalue weighted by Crippen LogP contribution is 2.13. The van der Waals surface area contributed by atoms with Crippen LogP contribution in [-0.2, 0) is 16.3 Å². The van der Waals surface area contributed by atoms with E-state index in [4.69, 9.17) is 0 Å². The molecule has 0 aromatic heterocycles. The fourth-order valence-electron chi connectivity index (χ4n) is 2.47. The highest BCUT2D eigenvalue weighted by molar-refractivity contribution is 7.91. The second-order valence-electron chi connectivity index (χ2n) is 5.70. The van der Waals surface area contributed by atoms with Crippen LogP contribution in [0.5, 0.6) is 0 Å². The molecule has 0 heterocycles. The van der Waals surface area contributed by atoms with Gasteiger partial charge in [-0.25, -0.2) is 8.42 Å². The van der Waals surface area contributed by atoms with Gasteiger partial charge in [0, 0.05) is 5.75 Å². The summed E-state index contributed by atoms with van der Waals surface area (Å²) >= 11 is 0. The molecule has 0 fully saturated rings. The molecule has 0 aliphatic rings. The molecule has 3 nitrogen and oxygen atoms in total. The fraction of sp³-hybridized carbons (Fsp3) is 0.647. The lowest BCUT2D eigenvalue weighted by atomic mass is 9.97. The van der Waals surface area contributed by atoms with Gasteiger partial charge in [-0.1, -0.05) is 44.2 Å². The predicted octanol–water partition coefficient (Wildman–Crippen LogP) is 3.06. The van der Waals surface area contributed by atoms with Crippen molar-refractivity contribution < 1.29 is 8.42 Å². The molecule has 1 aromatic rings. The molecular weight excluding hydrogens is 282 g/mol. The van der Waals surface area contributed by atoms with Gasteiger partial charge in [0.2, 0.25) is 0 Å². The SMILES string of the molecule is CCCNCC(CCS(=O)(=O)CCC)Cc1ccccc1. The molecule has 0 aliphatic heterocycles. The quantitative estimate of drug-likeness (QED) is 0.639. The van der Waals surface area contributed by atoms with E-state index >= 15 is 0 Å². The molecule has 120 valence electrons. The Morgan fingerprint density at radius 2 is 1.76 bits per heavy atom. The van der Waals surface area contributed by atoms with Crippen LogP contribution in [0.1, 0.15) is 38.7 Å². The highest BCUT2D eigenvalue weighted by atomic mass is 32.2. The largest absolute Gasteiger partial charge is 0.316 e. The summed E-state index contributed by atoms with van der Waals surface area (Å²) in [6.45, 7) is 5.95. The molecule has 0 aliphatic carbocycles. The van der Waals surface area contributed by atoms with Crippen molar-refractivity contribution >= 4 is 9.84 Å². The van der Waals surface area contributed by atoms with E-state index in [9.17, 15) is 8.42 Å². The number of rotatable bonds is 11. The van der Waals surface area contributed by atoms with Crippen molar-refractivity contribution in [1.82, 2.24) is 5.32 Å². The highest BCUT2D eigenvalue weighted by Gasteiger charge is 2.15. The predicted molar refractivity (Wildman–Crippen MR) is 90.4 cm³/mol. The van der Waals surface area contributed by atoms with Crippen LogP contribution in [-0.4, -0.2) is 33.0 Å². The molecule has 21 heavy (non-hydrogen) atoms. The van der Waals surface area contributed by atoms with Gasteiger partial charge in [0.1, 0.15) is 9.84 Å². The van der Waals surface area contributed by atoms with Gasteiger partial charge in [-0.15, -0.1) is 0 Å². The molecule has 0 saturated carbocycles. The normalized spacial score (nSPS) is 13.2. The van der Waals surface area contributed by atoms with Gasteiger partial charge in [-0.3, -0.25) is 0 Å². The van der Waals surface area contributed by atoms with E-state index < -0.39 is 9.84 Å². The number of hydrogen-bond acceptors (Lipinski definition) is 3. The minimum Gasteiger partial charge on any atom is -0.316 e. The number of sulfone groups is 1. The van der Waals surface area contributed by atoms with Gasteiger partial charge in [-0.2, -0.15) is 0 Å². The van der Waals surface area contributed by atoms with E-state index in [1.165, 1.54) is 5.56 Å². The van der Waals surface area contributed by atoms with E-state index in [1.807, 2.05) is 25.1 Å². The Balaban J connectivity index is 2.55. The Labute approximate surface area is 130 Å². The Hall–Kier alpha value is -0.870. The number of hydrogen-bond donors (Lipinski definition) is 1. The second-order valence-corrected chi connectivity index (χ2v) is 8.00. The first kappa shape index (κ1) is 18.2.